The topological polar surface area (TPSA) is 75.8 Å². The molecular formula is C26H28N2O4. The van der Waals surface area contributed by atoms with Gasteiger partial charge in [-0.3, -0.25) is 9.88 Å². The van der Waals surface area contributed by atoms with Gasteiger partial charge in [0, 0.05) is 34.1 Å². The van der Waals surface area contributed by atoms with Crippen LogP contribution in [0.5, 0.6) is 5.75 Å². The molecule has 1 unspecified atom stereocenters. The van der Waals surface area contributed by atoms with Crippen LogP contribution >= 0.6 is 0 Å². The molecule has 166 valence electrons. The highest BCUT2D eigenvalue weighted by Gasteiger charge is 2.33. The maximum atomic E-state index is 13.0. The van der Waals surface area contributed by atoms with Gasteiger partial charge < -0.3 is 14.3 Å². The van der Waals surface area contributed by atoms with Crippen LogP contribution in [0.2, 0.25) is 0 Å². The van der Waals surface area contributed by atoms with Crippen molar-refractivity contribution in [1.82, 2.24) is 9.88 Å². The number of carbonyl (C=O) groups is 1. The molecule has 0 aliphatic carbocycles. The molecule has 0 fully saturated rings. The first kappa shape index (κ1) is 21.8. The van der Waals surface area contributed by atoms with E-state index in [1.165, 1.54) is 0 Å². The van der Waals surface area contributed by atoms with Gasteiger partial charge >= 0.3 is 5.97 Å². The van der Waals surface area contributed by atoms with Gasteiger partial charge in [-0.25, -0.2) is 4.79 Å². The molecule has 1 N–H and O–H groups in total. The number of aromatic nitrogens is 1. The second kappa shape index (κ2) is 9.01. The van der Waals surface area contributed by atoms with Crippen molar-refractivity contribution in [3.8, 4) is 5.75 Å². The monoisotopic (exact) mass is 432 g/mol. The Hall–Kier alpha value is -3.38. The van der Waals surface area contributed by atoms with Gasteiger partial charge in [0.25, 0.3) is 0 Å². The lowest BCUT2D eigenvalue weighted by atomic mass is 9.89. The summed E-state index contributed by atoms with van der Waals surface area (Å²) in [6.07, 6.45) is 3.53. The lowest BCUT2D eigenvalue weighted by Crippen LogP contribution is -2.30. The Morgan fingerprint density at radius 1 is 1.12 bits per heavy atom. The summed E-state index contributed by atoms with van der Waals surface area (Å²) in [4.78, 5) is 19.6. The van der Waals surface area contributed by atoms with E-state index >= 15 is 0 Å². The molecular weight excluding hydrogens is 404 g/mol. The largest absolute Gasteiger partial charge is 0.507 e. The number of fused-ring (bicyclic) bond motifs is 3. The van der Waals surface area contributed by atoms with Crippen LogP contribution in [0, 0.1) is 6.92 Å². The van der Waals surface area contributed by atoms with E-state index in [-0.39, 0.29) is 18.4 Å². The first-order chi connectivity index (χ1) is 15.5. The number of aryl methyl sites for hydroxylation is 1. The minimum atomic E-state index is -0.454. The van der Waals surface area contributed by atoms with Crippen LogP contribution in [0.25, 0.3) is 21.7 Å². The molecule has 0 aliphatic rings. The molecule has 6 nitrogen and oxygen atoms in total. The van der Waals surface area contributed by atoms with Crippen molar-refractivity contribution in [1.29, 1.82) is 0 Å². The molecule has 32 heavy (non-hydrogen) atoms. The molecule has 0 spiro atoms. The van der Waals surface area contributed by atoms with E-state index in [1.807, 2.05) is 36.4 Å². The Bertz CT molecular complexity index is 1260. The number of phenolic OH excluding ortho intramolecular Hbond substituents is 1. The molecule has 0 bridgehead atoms. The van der Waals surface area contributed by atoms with Crippen LogP contribution in [0.15, 0.2) is 53.2 Å². The molecule has 4 rings (SSSR count). The molecule has 0 saturated carbocycles. The molecule has 2 heterocycles. The number of ether oxygens (including phenoxy) is 1. The summed E-state index contributed by atoms with van der Waals surface area (Å²) in [5.41, 5.74) is 2.50. The average molecular weight is 433 g/mol. The molecule has 1 atom stereocenters. The Morgan fingerprint density at radius 3 is 2.47 bits per heavy atom. The third-order valence-corrected chi connectivity index (χ3v) is 5.97. The molecule has 0 amide bonds. The third-order valence-electron chi connectivity index (χ3n) is 5.97. The van der Waals surface area contributed by atoms with Gasteiger partial charge in [-0.1, -0.05) is 44.2 Å². The number of furan rings is 1. The van der Waals surface area contributed by atoms with E-state index in [4.69, 9.17) is 9.15 Å². The van der Waals surface area contributed by atoms with Crippen molar-refractivity contribution in [3.05, 3.63) is 71.2 Å². The second-order valence-electron chi connectivity index (χ2n) is 7.68. The number of rotatable bonds is 7. The van der Waals surface area contributed by atoms with Crippen molar-refractivity contribution in [3.63, 3.8) is 0 Å². The summed E-state index contributed by atoms with van der Waals surface area (Å²) in [5, 5.41) is 13.7. The van der Waals surface area contributed by atoms with Gasteiger partial charge in [-0.05, 0) is 38.6 Å². The number of nitrogens with zero attached hydrogens (tertiary/aromatic N) is 2. The van der Waals surface area contributed by atoms with Gasteiger partial charge in [0.15, 0.2) is 0 Å². The quantitative estimate of drug-likeness (QED) is 0.383. The lowest BCUT2D eigenvalue weighted by molar-refractivity contribution is 0.0526. The Balaban J connectivity index is 2.18. The molecule has 6 heteroatoms. The number of hydrogen-bond acceptors (Lipinski definition) is 6. The number of benzene rings is 2. The van der Waals surface area contributed by atoms with Gasteiger partial charge in [-0.2, -0.15) is 0 Å². The summed E-state index contributed by atoms with van der Waals surface area (Å²) < 4.78 is 11.5. The van der Waals surface area contributed by atoms with Crippen molar-refractivity contribution >= 4 is 27.7 Å². The number of pyridine rings is 1. The molecule has 4 aromatic rings. The van der Waals surface area contributed by atoms with Gasteiger partial charge in [0.2, 0.25) is 0 Å². The van der Waals surface area contributed by atoms with Crippen LogP contribution in [0.1, 0.15) is 54.1 Å². The van der Waals surface area contributed by atoms with Gasteiger partial charge in [0.1, 0.15) is 22.7 Å². The Morgan fingerprint density at radius 2 is 1.84 bits per heavy atom. The standard InChI is InChI=1S/C26H28N2O4/c1-5-28(6-2)23(17-11-10-14-27-15-17)22-21-20(26(30)31-7-3)16(4)32-25(21)19-13-9-8-12-18(19)24(22)29/h8-15,23,29H,5-7H2,1-4H3. The van der Waals surface area contributed by atoms with Crippen molar-refractivity contribution in [2.75, 3.05) is 19.7 Å². The van der Waals surface area contributed by atoms with Crippen LogP contribution in [-0.2, 0) is 4.74 Å². The fourth-order valence-electron chi connectivity index (χ4n) is 4.54. The molecule has 0 aliphatic heterocycles. The highest BCUT2D eigenvalue weighted by molar-refractivity contribution is 6.16. The van der Waals surface area contributed by atoms with E-state index in [2.05, 4.69) is 23.7 Å². The van der Waals surface area contributed by atoms with E-state index in [0.717, 1.165) is 24.0 Å². The maximum Gasteiger partial charge on any atom is 0.342 e. The van der Waals surface area contributed by atoms with Crippen LogP contribution in [0.3, 0.4) is 0 Å². The number of aromatic hydroxyl groups is 1. The molecule has 0 saturated heterocycles. The van der Waals surface area contributed by atoms with E-state index in [1.54, 1.807) is 26.2 Å². The number of esters is 1. The lowest BCUT2D eigenvalue weighted by Gasteiger charge is -2.31. The SMILES string of the molecule is CCOC(=O)c1c(C)oc2c1c(C(c1cccnc1)N(CC)CC)c(O)c1ccccc12. The number of carbonyl (C=O) groups excluding carboxylic acids is 1. The zero-order valence-corrected chi connectivity index (χ0v) is 18.9. The summed E-state index contributed by atoms with van der Waals surface area (Å²) in [6, 6.07) is 11.1. The first-order valence-corrected chi connectivity index (χ1v) is 11.0. The predicted molar refractivity (Wildman–Crippen MR) is 125 cm³/mol. The van der Waals surface area contributed by atoms with E-state index in [9.17, 15) is 9.90 Å². The van der Waals surface area contributed by atoms with Crippen LogP contribution in [0.4, 0.5) is 0 Å². The van der Waals surface area contributed by atoms with Gasteiger partial charge in [-0.15, -0.1) is 0 Å². The number of hydrogen-bond donors (Lipinski definition) is 1. The van der Waals surface area contributed by atoms with Crippen LogP contribution in [-0.4, -0.2) is 40.7 Å². The Labute approximate surface area is 187 Å². The van der Waals surface area contributed by atoms with E-state index < -0.39 is 5.97 Å². The maximum absolute atomic E-state index is 13.0. The third kappa shape index (κ3) is 3.50. The molecule has 2 aromatic carbocycles. The number of phenols is 1. The summed E-state index contributed by atoms with van der Waals surface area (Å²) >= 11 is 0. The summed E-state index contributed by atoms with van der Waals surface area (Å²) in [6.45, 7) is 9.44. The first-order valence-electron chi connectivity index (χ1n) is 11.0. The Kier molecular flexibility index (Phi) is 6.15. The minimum Gasteiger partial charge on any atom is -0.507 e. The van der Waals surface area contributed by atoms with Gasteiger partial charge in [0.05, 0.1) is 12.6 Å². The van der Waals surface area contributed by atoms with Crippen molar-refractivity contribution in [2.24, 2.45) is 0 Å². The molecule has 2 aromatic heterocycles. The zero-order chi connectivity index (χ0) is 22.8. The highest BCUT2D eigenvalue weighted by Crippen LogP contribution is 2.47. The fraction of sp³-hybridized carbons (Fsp3) is 0.308. The highest BCUT2D eigenvalue weighted by atomic mass is 16.5. The second-order valence-corrected chi connectivity index (χ2v) is 7.68. The smallest absolute Gasteiger partial charge is 0.342 e. The van der Waals surface area contributed by atoms with E-state index in [0.29, 0.717) is 33.2 Å². The minimum absolute atomic E-state index is 0.139. The van der Waals surface area contributed by atoms with Crippen molar-refractivity contribution < 1.29 is 19.1 Å². The zero-order valence-electron chi connectivity index (χ0n) is 18.9. The fourth-order valence-corrected chi connectivity index (χ4v) is 4.54. The predicted octanol–water partition coefficient (Wildman–Crippen LogP) is 5.60. The normalized spacial score (nSPS) is 12.5. The summed E-state index contributed by atoms with van der Waals surface area (Å²) in [7, 11) is 0. The summed E-state index contributed by atoms with van der Waals surface area (Å²) in [5.74, 6) is 0.157. The van der Waals surface area contributed by atoms with Crippen molar-refractivity contribution in [2.45, 2.75) is 33.7 Å². The average Bonchev–Trinajstić information content (AvgIpc) is 3.16. The molecule has 0 radical (unpaired) electrons. The van der Waals surface area contributed by atoms with Crippen LogP contribution < -0.4 is 0 Å².